The Bertz CT molecular complexity index is 939. The van der Waals surface area contributed by atoms with Crippen LogP contribution in [-0.2, 0) is 9.59 Å². The van der Waals surface area contributed by atoms with Crippen LogP contribution < -0.4 is 19.7 Å². The van der Waals surface area contributed by atoms with Crippen molar-refractivity contribution in [3.8, 4) is 11.5 Å². The topological polar surface area (TPSA) is 67.9 Å². The van der Waals surface area contributed by atoms with Crippen molar-refractivity contribution in [2.75, 3.05) is 19.1 Å². The van der Waals surface area contributed by atoms with Crippen LogP contribution >= 0.6 is 39.5 Å². The molecule has 0 atom stereocenters. The van der Waals surface area contributed by atoms with Crippen LogP contribution in [0, 0.1) is 0 Å². The van der Waals surface area contributed by atoms with Gasteiger partial charge < -0.3 is 9.47 Å². The molecule has 3 rings (SSSR count). The quantitative estimate of drug-likeness (QED) is 0.437. The number of rotatable bonds is 4. The highest BCUT2D eigenvalue weighted by Crippen LogP contribution is 2.34. The first-order valence-electron chi connectivity index (χ1n) is 7.32. The molecule has 0 saturated carbocycles. The number of nitrogens with one attached hydrogen (secondary N) is 1. The molecule has 6 nitrogen and oxygen atoms in total. The Morgan fingerprint density at radius 3 is 2.62 bits per heavy atom. The number of hydrogen-bond acceptors (Lipinski definition) is 6. The Kier molecular flexibility index (Phi) is 5.40. The van der Waals surface area contributed by atoms with E-state index in [9.17, 15) is 9.59 Å². The largest absolute Gasteiger partial charge is 0.497 e. The van der Waals surface area contributed by atoms with Crippen LogP contribution in [0.15, 0.2) is 39.7 Å². The number of methoxy groups -OCH3 is 2. The van der Waals surface area contributed by atoms with Gasteiger partial charge in [0.15, 0.2) is 5.11 Å². The molecule has 1 aliphatic heterocycles. The Morgan fingerprint density at radius 1 is 1.23 bits per heavy atom. The first-order valence-corrected chi connectivity index (χ1v) is 9.40. The normalized spacial score (nSPS) is 16.0. The second-order valence-electron chi connectivity index (χ2n) is 5.16. The lowest BCUT2D eigenvalue weighted by Gasteiger charge is -2.29. The number of nitrogens with zero attached hydrogens (tertiary/aromatic N) is 1. The smallest absolute Gasteiger partial charge is 0.270 e. The minimum absolute atomic E-state index is 0.00650. The minimum Gasteiger partial charge on any atom is -0.497 e. The fourth-order valence-corrected chi connectivity index (χ4v) is 4.04. The summed E-state index contributed by atoms with van der Waals surface area (Å²) >= 11 is 9.97. The maximum atomic E-state index is 13.0. The zero-order chi connectivity index (χ0) is 18.8. The Labute approximate surface area is 167 Å². The molecule has 0 unspecified atom stereocenters. The van der Waals surface area contributed by atoms with Gasteiger partial charge in [0.25, 0.3) is 11.8 Å². The maximum absolute atomic E-state index is 13.0. The molecule has 26 heavy (non-hydrogen) atoms. The molecular formula is C17H13BrN2O4S2. The van der Waals surface area contributed by atoms with E-state index in [2.05, 4.69) is 21.2 Å². The van der Waals surface area contributed by atoms with Gasteiger partial charge in [-0.1, -0.05) is 0 Å². The lowest BCUT2D eigenvalue weighted by atomic mass is 10.1. The number of halogens is 1. The van der Waals surface area contributed by atoms with Gasteiger partial charge in [0.1, 0.15) is 17.1 Å². The second-order valence-corrected chi connectivity index (χ2v) is 7.41. The van der Waals surface area contributed by atoms with Crippen molar-refractivity contribution in [2.45, 2.75) is 0 Å². The molecule has 1 aromatic carbocycles. The van der Waals surface area contributed by atoms with E-state index in [0.29, 0.717) is 17.2 Å². The molecule has 0 aliphatic carbocycles. The van der Waals surface area contributed by atoms with E-state index in [-0.39, 0.29) is 10.7 Å². The Balaban J connectivity index is 2.05. The summed E-state index contributed by atoms with van der Waals surface area (Å²) in [5.74, 6) is -0.0846. The number of thiophene rings is 1. The van der Waals surface area contributed by atoms with Crippen molar-refractivity contribution >= 4 is 68.2 Å². The highest BCUT2D eigenvalue weighted by atomic mass is 79.9. The van der Waals surface area contributed by atoms with E-state index in [1.54, 1.807) is 18.2 Å². The molecule has 2 amide bonds. The number of amides is 2. The molecule has 0 bridgehead atoms. The van der Waals surface area contributed by atoms with E-state index in [0.717, 1.165) is 9.35 Å². The fourth-order valence-electron chi connectivity index (χ4n) is 2.39. The van der Waals surface area contributed by atoms with E-state index < -0.39 is 11.8 Å². The Hall–Kier alpha value is -2.23. The zero-order valence-electron chi connectivity index (χ0n) is 13.7. The van der Waals surface area contributed by atoms with Gasteiger partial charge >= 0.3 is 0 Å². The van der Waals surface area contributed by atoms with E-state index in [4.69, 9.17) is 21.7 Å². The lowest BCUT2D eigenvalue weighted by molar-refractivity contribution is -0.122. The highest BCUT2D eigenvalue weighted by molar-refractivity contribution is 9.10. The predicted molar refractivity (Wildman–Crippen MR) is 108 cm³/mol. The second kappa shape index (κ2) is 7.56. The number of carbonyl (C=O) groups excluding carboxylic acids is 2. The lowest BCUT2D eigenvalue weighted by Crippen LogP contribution is -2.54. The van der Waals surface area contributed by atoms with Gasteiger partial charge in [0, 0.05) is 20.8 Å². The van der Waals surface area contributed by atoms with Gasteiger partial charge in [-0.05, 0) is 52.4 Å². The zero-order valence-corrected chi connectivity index (χ0v) is 17.0. The number of thiocarbonyl (C=S) groups is 1. The summed E-state index contributed by atoms with van der Waals surface area (Å²) in [4.78, 5) is 27.3. The van der Waals surface area contributed by atoms with Gasteiger partial charge in [-0.3, -0.25) is 14.9 Å². The van der Waals surface area contributed by atoms with E-state index in [1.807, 2.05) is 11.4 Å². The first kappa shape index (κ1) is 18.6. The molecular weight excluding hydrogens is 440 g/mol. The van der Waals surface area contributed by atoms with Crippen molar-refractivity contribution in [2.24, 2.45) is 0 Å². The van der Waals surface area contributed by atoms with Gasteiger partial charge in [-0.2, -0.15) is 0 Å². The first-order chi connectivity index (χ1) is 12.4. The number of anilines is 1. The minimum atomic E-state index is -0.534. The molecule has 134 valence electrons. The molecule has 2 heterocycles. The standard InChI is InChI=1S/C17H13BrN2O4S2/c1-23-10-3-4-13(14(6-10)24-2)20-16(22)12(15(21)19-17(20)25)7-11-5-9(18)8-26-11/h3-8H,1-2H3,(H,19,21,25)/b12-7+. The molecule has 2 aromatic rings. The average Bonchev–Trinajstić information content (AvgIpc) is 3.03. The van der Waals surface area contributed by atoms with Gasteiger partial charge in [-0.25, -0.2) is 4.90 Å². The maximum Gasteiger partial charge on any atom is 0.270 e. The van der Waals surface area contributed by atoms with Crippen LogP contribution in [0.4, 0.5) is 5.69 Å². The third-order valence-electron chi connectivity index (χ3n) is 3.60. The monoisotopic (exact) mass is 452 g/mol. The number of benzene rings is 1. The third kappa shape index (κ3) is 3.50. The summed E-state index contributed by atoms with van der Waals surface area (Å²) < 4.78 is 11.4. The SMILES string of the molecule is COc1ccc(N2C(=O)/C(=C/c3cc(Br)cs3)C(=O)NC2=S)c(OC)c1. The van der Waals surface area contributed by atoms with Crippen molar-refractivity contribution in [3.63, 3.8) is 0 Å². The molecule has 1 N–H and O–H groups in total. The molecule has 1 aromatic heterocycles. The summed E-state index contributed by atoms with van der Waals surface area (Å²) in [5.41, 5.74) is 0.410. The fraction of sp³-hybridized carbons (Fsp3) is 0.118. The van der Waals surface area contributed by atoms with Gasteiger partial charge in [-0.15, -0.1) is 11.3 Å². The molecule has 1 fully saturated rings. The van der Waals surface area contributed by atoms with Crippen LogP contribution in [-0.4, -0.2) is 31.1 Å². The number of hydrogen-bond donors (Lipinski definition) is 1. The molecule has 0 spiro atoms. The van der Waals surface area contributed by atoms with Gasteiger partial charge in [0.2, 0.25) is 0 Å². The summed E-state index contributed by atoms with van der Waals surface area (Å²) in [6.45, 7) is 0. The highest BCUT2D eigenvalue weighted by Gasteiger charge is 2.36. The third-order valence-corrected chi connectivity index (χ3v) is 5.53. The van der Waals surface area contributed by atoms with Crippen LogP contribution in [0.2, 0.25) is 0 Å². The summed E-state index contributed by atoms with van der Waals surface area (Å²) in [5, 5.41) is 4.41. The van der Waals surface area contributed by atoms with E-state index in [1.165, 1.54) is 36.5 Å². The molecule has 1 saturated heterocycles. The molecule has 9 heteroatoms. The van der Waals surface area contributed by atoms with Crippen molar-refractivity contribution in [3.05, 3.63) is 44.6 Å². The Morgan fingerprint density at radius 2 is 2.00 bits per heavy atom. The van der Waals surface area contributed by atoms with Crippen LogP contribution in [0.5, 0.6) is 11.5 Å². The van der Waals surface area contributed by atoms with E-state index >= 15 is 0 Å². The van der Waals surface area contributed by atoms with Crippen molar-refractivity contribution in [1.82, 2.24) is 5.32 Å². The number of ether oxygens (including phenoxy) is 2. The molecule has 1 aliphatic rings. The summed E-state index contributed by atoms with van der Waals surface area (Å²) in [6, 6.07) is 6.80. The van der Waals surface area contributed by atoms with Crippen LogP contribution in [0.1, 0.15) is 4.88 Å². The average molecular weight is 453 g/mol. The van der Waals surface area contributed by atoms with Crippen LogP contribution in [0.25, 0.3) is 6.08 Å². The van der Waals surface area contributed by atoms with Crippen LogP contribution in [0.3, 0.4) is 0 Å². The predicted octanol–water partition coefficient (Wildman–Crippen LogP) is 3.36. The van der Waals surface area contributed by atoms with Crippen molar-refractivity contribution < 1.29 is 19.1 Å². The summed E-state index contributed by atoms with van der Waals surface area (Å²) in [6.07, 6.45) is 1.54. The van der Waals surface area contributed by atoms with Gasteiger partial charge in [0.05, 0.1) is 19.9 Å². The van der Waals surface area contributed by atoms with Crippen molar-refractivity contribution in [1.29, 1.82) is 0 Å². The molecule has 0 radical (unpaired) electrons. The number of carbonyl (C=O) groups is 2. The summed E-state index contributed by atoms with van der Waals surface area (Å²) in [7, 11) is 3.01.